The second-order valence-electron chi connectivity index (χ2n) is 13.3. The Kier molecular flexibility index (Phi) is 9.88. The lowest BCUT2D eigenvalue weighted by Crippen LogP contribution is -2.79. The molecule has 6 aromatic carbocycles. The zero-order chi connectivity index (χ0) is 34.8. The van der Waals surface area contributed by atoms with Gasteiger partial charge in [-0.15, -0.1) is 0 Å². The third-order valence-corrected chi connectivity index (χ3v) is 20.5. The van der Waals surface area contributed by atoms with Gasteiger partial charge in [0.2, 0.25) is 0 Å². The summed E-state index contributed by atoms with van der Waals surface area (Å²) in [6.45, 7) is 12.2. The number of benzene rings is 6. The van der Waals surface area contributed by atoms with E-state index in [0.717, 1.165) is 43.8 Å². The topological polar surface area (TPSA) is 58.9 Å². The normalized spacial score (nSPS) is 12.2. The van der Waals surface area contributed by atoms with E-state index in [4.69, 9.17) is 8.23 Å². The summed E-state index contributed by atoms with van der Waals surface area (Å²) in [4.78, 5) is 26.6. The third kappa shape index (κ3) is 7.11. The molecule has 49 heavy (non-hydrogen) atoms. The van der Waals surface area contributed by atoms with Crippen molar-refractivity contribution >= 4 is 56.8 Å². The molecule has 0 atom stereocenters. The van der Waals surface area contributed by atoms with Gasteiger partial charge in [-0.05, 0) is 72.7 Å². The van der Waals surface area contributed by atoms with Gasteiger partial charge in [0.1, 0.15) is 0 Å². The van der Waals surface area contributed by atoms with E-state index in [-0.39, 0.29) is 0 Å². The van der Waals surface area contributed by atoms with Gasteiger partial charge in [0.25, 0.3) is 0 Å². The zero-order valence-corrected chi connectivity index (χ0v) is 32.1. The van der Waals surface area contributed by atoms with Gasteiger partial charge in [-0.1, -0.05) is 179 Å². The first-order valence-corrected chi connectivity index (χ1v) is 22.2. The lowest BCUT2D eigenvalue weighted by molar-refractivity contribution is 0.320. The fraction of sp³-hybridized carbons (Fsp3) is 0.143. The summed E-state index contributed by atoms with van der Waals surface area (Å²) in [5.41, 5.74) is 6.51. The maximum Gasteiger partial charge on any atom is 0.396 e. The monoisotopic (exact) mass is 696 g/mol. The molecule has 0 unspecified atom stereocenters. The molecule has 2 N–H and O–H groups in total. The molecule has 0 spiro atoms. The first-order chi connectivity index (χ1) is 23.4. The summed E-state index contributed by atoms with van der Waals surface area (Å²) in [5.74, 6) is 0. The van der Waals surface area contributed by atoms with Gasteiger partial charge in [0, 0.05) is 0 Å². The van der Waals surface area contributed by atoms with Crippen molar-refractivity contribution in [1.82, 2.24) is 0 Å². The Labute approximate surface area is 294 Å². The summed E-state index contributed by atoms with van der Waals surface area (Å²) < 4.78 is 15.2. The van der Waals surface area contributed by atoms with Gasteiger partial charge < -0.3 is 17.8 Å². The SMILES string of the molecule is Cc1ccc([Si](O)(O[Si](O[Si](O)(c2ccc(C)cc2)c2ccc(C)cc2)(c2ccc(C)cc2)c2ccc(C)cc2)c2ccc(C)cc2)cc1. The van der Waals surface area contributed by atoms with Crippen molar-refractivity contribution in [2.45, 2.75) is 41.5 Å². The highest BCUT2D eigenvalue weighted by molar-refractivity contribution is 7.08. The van der Waals surface area contributed by atoms with Crippen LogP contribution in [0.3, 0.4) is 0 Å². The van der Waals surface area contributed by atoms with Crippen molar-refractivity contribution in [2.75, 3.05) is 0 Å². The minimum Gasteiger partial charge on any atom is -0.404 e. The first-order valence-electron chi connectivity index (χ1n) is 16.7. The van der Waals surface area contributed by atoms with Crippen LogP contribution in [-0.4, -0.2) is 35.3 Å². The van der Waals surface area contributed by atoms with Crippen molar-refractivity contribution in [1.29, 1.82) is 0 Å². The van der Waals surface area contributed by atoms with Gasteiger partial charge in [0.05, 0.1) is 0 Å². The minimum absolute atomic E-state index is 0.706. The van der Waals surface area contributed by atoms with Crippen LogP contribution in [0, 0.1) is 41.5 Å². The molecule has 248 valence electrons. The Morgan fingerprint density at radius 3 is 0.633 bits per heavy atom. The van der Waals surface area contributed by atoms with E-state index in [0.29, 0.717) is 20.7 Å². The Balaban J connectivity index is 1.69. The molecule has 6 rings (SSSR count). The third-order valence-electron chi connectivity index (χ3n) is 9.22. The second-order valence-corrected chi connectivity index (χ2v) is 22.2. The van der Waals surface area contributed by atoms with E-state index in [1.54, 1.807) is 0 Å². The van der Waals surface area contributed by atoms with Crippen LogP contribution in [0.4, 0.5) is 0 Å². The molecule has 0 heterocycles. The van der Waals surface area contributed by atoms with E-state index in [1.165, 1.54) is 0 Å². The highest BCUT2D eigenvalue weighted by Crippen LogP contribution is 2.22. The molecule has 0 aliphatic carbocycles. The molecule has 0 bridgehead atoms. The molecule has 0 aromatic heterocycles. The highest BCUT2D eigenvalue weighted by Gasteiger charge is 2.58. The maximum absolute atomic E-state index is 13.3. The number of rotatable bonds is 10. The van der Waals surface area contributed by atoms with Gasteiger partial charge >= 0.3 is 25.7 Å². The average molecular weight is 697 g/mol. The molecule has 0 saturated heterocycles. The summed E-state index contributed by atoms with van der Waals surface area (Å²) in [6.07, 6.45) is 0. The molecular formula is C42H44O4Si3. The number of aryl methyl sites for hydroxylation is 6. The van der Waals surface area contributed by atoms with Crippen LogP contribution >= 0.6 is 0 Å². The molecule has 6 aromatic rings. The van der Waals surface area contributed by atoms with E-state index in [1.807, 2.05) is 163 Å². The average Bonchev–Trinajstić information content (AvgIpc) is 3.09. The Morgan fingerprint density at radius 2 is 0.449 bits per heavy atom. The summed E-state index contributed by atoms with van der Waals surface area (Å²) in [7, 11) is -12.1. The quantitative estimate of drug-likeness (QED) is 0.206. The zero-order valence-electron chi connectivity index (χ0n) is 29.1. The van der Waals surface area contributed by atoms with Crippen molar-refractivity contribution < 1.29 is 17.8 Å². The molecule has 0 aliphatic heterocycles. The second kappa shape index (κ2) is 14.0. The van der Waals surface area contributed by atoms with Crippen molar-refractivity contribution in [3.63, 3.8) is 0 Å². The summed E-state index contributed by atoms with van der Waals surface area (Å²) >= 11 is 0. The molecule has 4 nitrogen and oxygen atoms in total. The lowest BCUT2D eigenvalue weighted by atomic mass is 10.2. The predicted molar refractivity (Wildman–Crippen MR) is 209 cm³/mol. The van der Waals surface area contributed by atoms with Crippen LogP contribution in [0.1, 0.15) is 33.4 Å². The van der Waals surface area contributed by atoms with Crippen LogP contribution in [0.15, 0.2) is 146 Å². The molecule has 7 heteroatoms. The number of hydrogen-bond acceptors (Lipinski definition) is 4. The van der Waals surface area contributed by atoms with E-state index < -0.39 is 25.7 Å². The van der Waals surface area contributed by atoms with Crippen LogP contribution in [-0.2, 0) is 8.23 Å². The summed E-state index contributed by atoms with van der Waals surface area (Å²) in [5, 5.41) is 4.43. The van der Waals surface area contributed by atoms with Crippen molar-refractivity contribution in [2.24, 2.45) is 0 Å². The van der Waals surface area contributed by atoms with Gasteiger partial charge in [-0.2, -0.15) is 0 Å². The van der Waals surface area contributed by atoms with Crippen LogP contribution in [0.5, 0.6) is 0 Å². The van der Waals surface area contributed by atoms with E-state index in [9.17, 15) is 9.59 Å². The largest absolute Gasteiger partial charge is 0.404 e. The lowest BCUT2D eigenvalue weighted by Gasteiger charge is -2.43. The van der Waals surface area contributed by atoms with Gasteiger partial charge in [-0.25, -0.2) is 0 Å². The summed E-state index contributed by atoms with van der Waals surface area (Å²) in [6, 6.07) is 48.2. The highest BCUT2D eigenvalue weighted by atomic mass is 28.5. The molecular weight excluding hydrogens is 653 g/mol. The van der Waals surface area contributed by atoms with Gasteiger partial charge in [-0.3, -0.25) is 0 Å². The molecule has 0 fully saturated rings. The molecule has 0 amide bonds. The van der Waals surface area contributed by atoms with Crippen LogP contribution in [0.25, 0.3) is 0 Å². The fourth-order valence-corrected chi connectivity index (χ4v) is 18.4. The first kappa shape index (κ1) is 34.7. The number of hydrogen-bond donors (Lipinski definition) is 2. The predicted octanol–water partition coefficient (Wildman–Crippen LogP) is 4.62. The van der Waals surface area contributed by atoms with Crippen LogP contribution in [0.2, 0.25) is 0 Å². The Morgan fingerprint density at radius 1 is 0.286 bits per heavy atom. The van der Waals surface area contributed by atoms with E-state index >= 15 is 0 Å². The molecule has 0 saturated carbocycles. The minimum atomic E-state index is -4.05. The van der Waals surface area contributed by atoms with Crippen LogP contribution < -0.4 is 31.1 Å². The van der Waals surface area contributed by atoms with Crippen molar-refractivity contribution in [3.8, 4) is 0 Å². The molecule has 0 radical (unpaired) electrons. The van der Waals surface area contributed by atoms with E-state index in [2.05, 4.69) is 24.3 Å². The Hall–Kier alpha value is -4.19. The van der Waals surface area contributed by atoms with Crippen molar-refractivity contribution in [3.05, 3.63) is 179 Å². The molecule has 0 aliphatic rings. The smallest absolute Gasteiger partial charge is 0.396 e. The standard InChI is InChI=1S/C42H44O4Si3/c1-31-7-19-37(20-8-31)47(43,38-21-9-32(2)10-22-38)45-49(41-27-15-35(5)16-28-41,42-29-17-36(6)18-30-42)46-48(44,39-23-11-33(3)12-24-39)40-25-13-34(4)14-26-40/h7-30,43-44H,1-6H3. The maximum atomic E-state index is 13.3. The Bertz CT molecular complexity index is 1770. The fourth-order valence-electron chi connectivity index (χ4n) is 6.07. The van der Waals surface area contributed by atoms with Gasteiger partial charge in [0.15, 0.2) is 0 Å².